The van der Waals surface area contributed by atoms with E-state index < -0.39 is 5.82 Å². The SMILES string of the molecule is O=C(NCCC1=CCCC1)Nc1ccc(F)cn1. The topological polar surface area (TPSA) is 54.0 Å². The first kappa shape index (κ1) is 12.5. The molecule has 2 N–H and O–H groups in total. The van der Waals surface area contributed by atoms with Gasteiger partial charge in [-0.3, -0.25) is 5.32 Å². The number of hydrogen-bond donors (Lipinski definition) is 2. The van der Waals surface area contributed by atoms with Crippen LogP contribution in [-0.4, -0.2) is 17.6 Å². The fourth-order valence-electron chi connectivity index (χ4n) is 1.91. The van der Waals surface area contributed by atoms with E-state index in [-0.39, 0.29) is 6.03 Å². The van der Waals surface area contributed by atoms with Gasteiger partial charge in [-0.25, -0.2) is 14.2 Å². The van der Waals surface area contributed by atoms with Crippen molar-refractivity contribution in [2.24, 2.45) is 0 Å². The second kappa shape index (κ2) is 6.14. The van der Waals surface area contributed by atoms with Crippen molar-refractivity contribution >= 4 is 11.8 Å². The van der Waals surface area contributed by atoms with Crippen molar-refractivity contribution in [3.8, 4) is 0 Å². The van der Waals surface area contributed by atoms with Crippen molar-refractivity contribution in [2.45, 2.75) is 25.7 Å². The number of urea groups is 1. The smallest absolute Gasteiger partial charge is 0.320 e. The van der Waals surface area contributed by atoms with Crippen LogP contribution in [0, 0.1) is 5.82 Å². The molecular formula is C13H16FN3O. The monoisotopic (exact) mass is 249 g/mol. The Balaban J connectivity index is 1.70. The number of carbonyl (C=O) groups is 1. The third kappa shape index (κ3) is 3.84. The predicted molar refractivity (Wildman–Crippen MR) is 67.8 cm³/mol. The number of carbonyl (C=O) groups excluding carboxylic acids is 1. The molecule has 1 aromatic heterocycles. The second-order valence-electron chi connectivity index (χ2n) is 4.25. The molecule has 0 aromatic carbocycles. The molecule has 0 unspecified atom stereocenters. The zero-order valence-electron chi connectivity index (χ0n) is 10.1. The van der Waals surface area contributed by atoms with Gasteiger partial charge in [0.2, 0.25) is 0 Å². The Hall–Kier alpha value is -1.91. The summed E-state index contributed by atoms with van der Waals surface area (Å²) in [5.41, 5.74) is 1.41. The Morgan fingerprint density at radius 3 is 3.00 bits per heavy atom. The molecule has 0 aliphatic heterocycles. The summed E-state index contributed by atoms with van der Waals surface area (Å²) in [4.78, 5) is 15.2. The molecule has 96 valence electrons. The van der Waals surface area contributed by atoms with Crippen molar-refractivity contribution in [3.05, 3.63) is 35.8 Å². The highest BCUT2D eigenvalue weighted by Gasteiger charge is 2.06. The maximum Gasteiger partial charge on any atom is 0.320 e. The maximum absolute atomic E-state index is 12.6. The highest BCUT2D eigenvalue weighted by molar-refractivity contribution is 5.88. The quantitative estimate of drug-likeness (QED) is 0.806. The molecule has 2 amide bonds. The Bertz CT molecular complexity index is 442. The zero-order valence-corrected chi connectivity index (χ0v) is 10.1. The molecule has 1 aliphatic carbocycles. The predicted octanol–water partition coefficient (Wildman–Crippen LogP) is 2.84. The normalized spacial score (nSPS) is 14.2. The fourth-order valence-corrected chi connectivity index (χ4v) is 1.91. The number of rotatable bonds is 4. The maximum atomic E-state index is 12.6. The van der Waals surface area contributed by atoms with Crippen LogP contribution in [0.2, 0.25) is 0 Å². The van der Waals surface area contributed by atoms with Gasteiger partial charge in [0.05, 0.1) is 6.20 Å². The molecule has 1 aliphatic rings. The molecule has 18 heavy (non-hydrogen) atoms. The van der Waals surface area contributed by atoms with E-state index >= 15 is 0 Å². The molecule has 0 spiro atoms. The van der Waals surface area contributed by atoms with E-state index in [1.165, 1.54) is 24.1 Å². The van der Waals surface area contributed by atoms with Crippen LogP contribution in [0.5, 0.6) is 0 Å². The number of amides is 2. The van der Waals surface area contributed by atoms with Gasteiger partial charge in [-0.1, -0.05) is 11.6 Å². The number of hydrogen-bond acceptors (Lipinski definition) is 2. The lowest BCUT2D eigenvalue weighted by molar-refractivity contribution is 0.252. The molecule has 0 saturated heterocycles. The Kier molecular flexibility index (Phi) is 4.28. The van der Waals surface area contributed by atoms with Gasteiger partial charge in [0.1, 0.15) is 11.6 Å². The van der Waals surface area contributed by atoms with Crippen molar-refractivity contribution in [2.75, 3.05) is 11.9 Å². The lowest BCUT2D eigenvalue weighted by Gasteiger charge is -2.07. The molecular weight excluding hydrogens is 233 g/mol. The number of allylic oxidation sites excluding steroid dienone is 1. The van der Waals surface area contributed by atoms with E-state index in [1.807, 2.05) is 0 Å². The lowest BCUT2D eigenvalue weighted by Crippen LogP contribution is -2.30. The van der Waals surface area contributed by atoms with E-state index in [0.717, 1.165) is 25.5 Å². The van der Waals surface area contributed by atoms with Gasteiger partial charge in [-0.05, 0) is 37.8 Å². The minimum atomic E-state index is -0.422. The van der Waals surface area contributed by atoms with Crippen molar-refractivity contribution < 1.29 is 9.18 Å². The molecule has 2 rings (SSSR count). The van der Waals surface area contributed by atoms with Gasteiger partial charge < -0.3 is 5.32 Å². The van der Waals surface area contributed by atoms with Crippen LogP contribution in [0.3, 0.4) is 0 Å². The van der Waals surface area contributed by atoms with Crippen LogP contribution in [0.25, 0.3) is 0 Å². The van der Waals surface area contributed by atoms with Gasteiger partial charge in [-0.15, -0.1) is 0 Å². The number of nitrogens with one attached hydrogen (secondary N) is 2. The number of anilines is 1. The Labute approximate surface area is 105 Å². The number of halogens is 1. The first-order chi connectivity index (χ1) is 8.74. The van der Waals surface area contributed by atoms with Crippen LogP contribution >= 0.6 is 0 Å². The summed E-state index contributed by atoms with van der Waals surface area (Å²) < 4.78 is 12.6. The Morgan fingerprint density at radius 2 is 2.33 bits per heavy atom. The second-order valence-corrected chi connectivity index (χ2v) is 4.25. The van der Waals surface area contributed by atoms with Crippen LogP contribution in [0.15, 0.2) is 30.0 Å². The first-order valence-electron chi connectivity index (χ1n) is 6.08. The Morgan fingerprint density at radius 1 is 1.44 bits per heavy atom. The number of pyridine rings is 1. The van der Waals surface area contributed by atoms with Gasteiger partial charge >= 0.3 is 6.03 Å². The van der Waals surface area contributed by atoms with Crippen molar-refractivity contribution in [1.82, 2.24) is 10.3 Å². The molecule has 0 radical (unpaired) electrons. The summed E-state index contributed by atoms with van der Waals surface area (Å²) in [5.74, 6) is -0.0805. The van der Waals surface area contributed by atoms with Crippen LogP contribution in [-0.2, 0) is 0 Å². The zero-order chi connectivity index (χ0) is 12.8. The minimum absolute atomic E-state index is 0.312. The number of aromatic nitrogens is 1. The first-order valence-corrected chi connectivity index (χ1v) is 6.08. The molecule has 5 heteroatoms. The summed E-state index contributed by atoms with van der Waals surface area (Å²) >= 11 is 0. The average molecular weight is 249 g/mol. The standard InChI is InChI=1S/C13H16FN3O/c14-11-5-6-12(16-9-11)17-13(18)15-8-7-10-3-1-2-4-10/h3,5-6,9H,1-2,4,7-8H2,(H2,15,16,17,18). The van der Waals surface area contributed by atoms with Gasteiger partial charge in [0.15, 0.2) is 0 Å². The highest BCUT2D eigenvalue weighted by atomic mass is 19.1. The van der Waals surface area contributed by atoms with Crippen LogP contribution in [0.1, 0.15) is 25.7 Å². The van der Waals surface area contributed by atoms with E-state index in [4.69, 9.17) is 0 Å². The highest BCUT2D eigenvalue weighted by Crippen LogP contribution is 2.19. The number of nitrogens with zero attached hydrogens (tertiary/aromatic N) is 1. The lowest BCUT2D eigenvalue weighted by atomic mass is 10.2. The summed E-state index contributed by atoms with van der Waals surface area (Å²) in [7, 11) is 0. The van der Waals surface area contributed by atoms with Gasteiger partial charge in [-0.2, -0.15) is 0 Å². The fraction of sp³-hybridized carbons (Fsp3) is 0.385. The largest absolute Gasteiger partial charge is 0.338 e. The molecule has 0 atom stereocenters. The summed E-state index contributed by atoms with van der Waals surface area (Å²) in [5, 5.41) is 5.30. The molecule has 0 bridgehead atoms. The summed E-state index contributed by atoms with van der Waals surface area (Å²) in [6.07, 6.45) is 7.72. The molecule has 0 fully saturated rings. The third-order valence-corrected chi connectivity index (χ3v) is 2.84. The van der Waals surface area contributed by atoms with E-state index in [0.29, 0.717) is 12.4 Å². The van der Waals surface area contributed by atoms with Crippen LogP contribution < -0.4 is 10.6 Å². The molecule has 1 heterocycles. The molecule has 0 saturated carbocycles. The van der Waals surface area contributed by atoms with E-state index in [1.54, 1.807) is 0 Å². The summed E-state index contributed by atoms with van der Waals surface area (Å²) in [6.45, 7) is 0.610. The minimum Gasteiger partial charge on any atom is -0.338 e. The molecule has 4 nitrogen and oxygen atoms in total. The van der Waals surface area contributed by atoms with E-state index in [9.17, 15) is 9.18 Å². The van der Waals surface area contributed by atoms with E-state index in [2.05, 4.69) is 21.7 Å². The average Bonchev–Trinajstić information content (AvgIpc) is 2.85. The van der Waals surface area contributed by atoms with Gasteiger partial charge in [0, 0.05) is 6.54 Å². The summed E-state index contributed by atoms with van der Waals surface area (Å²) in [6, 6.07) is 2.37. The third-order valence-electron chi connectivity index (χ3n) is 2.84. The van der Waals surface area contributed by atoms with Crippen molar-refractivity contribution in [3.63, 3.8) is 0 Å². The van der Waals surface area contributed by atoms with Crippen molar-refractivity contribution in [1.29, 1.82) is 0 Å². The van der Waals surface area contributed by atoms with Gasteiger partial charge in [0.25, 0.3) is 0 Å². The molecule has 1 aromatic rings. The van der Waals surface area contributed by atoms with Crippen LogP contribution in [0.4, 0.5) is 15.0 Å².